The van der Waals surface area contributed by atoms with Crippen molar-refractivity contribution in [1.82, 2.24) is 9.88 Å². The van der Waals surface area contributed by atoms with Gasteiger partial charge in [0, 0.05) is 37.4 Å². The van der Waals surface area contributed by atoms with Gasteiger partial charge in [-0.1, -0.05) is 6.07 Å². The van der Waals surface area contributed by atoms with Gasteiger partial charge in [0.25, 0.3) is 0 Å². The summed E-state index contributed by atoms with van der Waals surface area (Å²) in [6.07, 6.45) is 1.33. The molecule has 2 rings (SSSR count). The van der Waals surface area contributed by atoms with Crippen molar-refractivity contribution in [3.8, 4) is 0 Å². The molecule has 1 saturated heterocycles. The Morgan fingerprint density at radius 2 is 2.24 bits per heavy atom. The first-order valence-electron chi connectivity index (χ1n) is 6.17. The molecule has 2 heterocycles. The summed E-state index contributed by atoms with van der Waals surface area (Å²) in [5.41, 5.74) is 0.921. The summed E-state index contributed by atoms with van der Waals surface area (Å²) in [5, 5.41) is 9.78. The van der Waals surface area contributed by atoms with Gasteiger partial charge in [-0.05, 0) is 27.0 Å². The number of aromatic nitrogens is 1. The molecule has 1 aromatic heterocycles. The zero-order valence-electron chi connectivity index (χ0n) is 10.8. The molecule has 4 heteroatoms. The molecule has 0 saturated carbocycles. The van der Waals surface area contributed by atoms with Crippen LogP contribution in [0.5, 0.6) is 0 Å². The van der Waals surface area contributed by atoms with Gasteiger partial charge < -0.3 is 14.9 Å². The number of hydrogen-bond donors (Lipinski definition) is 1. The molecule has 0 amide bonds. The number of rotatable bonds is 2. The molecule has 94 valence electrons. The Morgan fingerprint density at radius 3 is 2.88 bits per heavy atom. The van der Waals surface area contributed by atoms with E-state index in [0.29, 0.717) is 6.04 Å². The van der Waals surface area contributed by atoms with E-state index in [1.807, 2.05) is 12.1 Å². The maximum atomic E-state index is 9.78. The van der Waals surface area contributed by atoms with Gasteiger partial charge in [0.05, 0.1) is 6.10 Å². The van der Waals surface area contributed by atoms with E-state index < -0.39 is 6.10 Å². The number of hydrogen-bond acceptors (Lipinski definition) is 4. The van der Waals surface area contributed by atoms with E-state index >= 15 is 0 Å². The van der Waals surface area contributed by atoms with Gasteiger partial charge in [0.15, 0.2) is 0 Å². The first-order chi connectivity index (χ1) is 8.09. The second-order valence-corrected chi connectivity index (χ2v) is 4.87. The Bertz CT molecular complexity index is 381. The van der Waals surface area contributed by atoms with E-state index in [9.17, 15) is 5.11 Å². The molecule has 1 N–H and O–H groups in total. The van der Waals surface area contributed by atoms with Crippen LogP contribution in [0.2, 0.25) is 0 Å². The van der Waals surface area contributed by atoms with Gasteiger partial charge in [0.2, 0.25) is 0 Å². The molecule has 1 aliphatic heterocycles. The summed E-state index contributed by atoms with van der Waals surface area (Å²) in [5.74, 6) is 0.933. The summed E-state index contributed by atoms with van der Waals surface area (Å²) in [6.45, 7) is 6.99. The largest absolute Gasteiger partial charge is 0.389 e. The smallest absolute Gasteiger partial charge is 0.134 e. The van der Waals surface area contributed by atoms with E-state index in [0.717, 1.165) is 31.0 Å². The summed E-state index contributed by atoms with van der Waals surface area (Å²) in [7, 11) is 2.15. The third-order valence-electron chi connectivity index (χ3n) is 3.53. The first kappa shape index (κ1) is 12.3. The fourth-order valence-electron chi connectivity index (χ4n) is 2.24. The van der Waals surface area contributed by atoms with E-state index in [2.05, 4.69) is 28.8 Å². The number of anilines is 1. The standard InChI is InChI=1S/C13H21N3O/c1-10-9-16(8-7-15(10)3)13-12(11(2)17)5-4-6-14-13/h4-6,10-11,17H,7-9H2,1-3H3/t10?,11-/m1/s1. The molecule has 0 aromatic carbocycles. The molecule has 0 spiro atoms. The quantitative estimate of drug-likeness (QED) is 0.838. The normalized spacial score (nSPS) is 23.8. The molecule has 0 radical (unpaired) electrons. The fraction of sp³-hybridized carbons (Fsp3) is 0.615. The van der Waals surface area contributed by atoms with Crippen LogP contribution in [0.3, 0.4) is 0 Å². The highest BCUT2D eigenvalue weighted by molar-refractivity contribution is 5.48. The van der Waals surface area contributed by atoms with Gasteiger partial charge in [-0.25, -0.2) is 4.98 Å². The maximum Gasteiger partial charge on any atom is 0.134 e. The van der Waals surface area contributed by atoms with Crippen molar-refractivity contribution in [2.75, 3.05) is 31.6 Å². The third kappa shape index (κ3) is 2.58. The predicted octanol–water partition coefficient (Wildman–Crippen LogP) is 1.28. The molecule has 1 aliphatic rings. The SMILES string of the molecule is CC1CN(c2ncccc2[C@@H](C)O)CCN1C. The summed E-state index contributed by atoms with van der Waals surface area (Å²) < 4.78 is 0. The molecule has 4 nitrogen and oxygen atoms in total. The average molecular weight is 235 g/mol. The molecule has 1 aromatic rings. The highest BCUT2D eigenvalue weighted by Gasteiger charge is 2.23. The Morgan fingerprint density at radius 1 is 1.47 bits per heavy atom. The number of pyridine rings is 1. The summed E-state index contributed by atoms with van der Waals surface area (Å²) in [6, 6.07) is 4.36. The molecular weight excluding hydrogens is 214 g/mol. The number of aliphatic hydroxyl groups is 1. The number of piperazine rings is 1. The number of aliphatic hydroxyl groups excluding tert-OH is 1. The van der Waals surface area contributed by atoms with Crippen molar-refractivity contribution in [2.45, 2.75) is 26.0 Å². The van der Waals surface area contributed by atoms with E-state index in [-0.39, 0.29) is 0 Å². The Hall–Kier alpha value is -1.13. The van der Waals surface area contributed by atoms with E-state index in [1.165, 1.54) is 0 Å². The van der Waals surface area contributed by atoms with Crippen LogP contribution in [-0.4, -0.2) is 47.7 Å². The zero-order chi connectivity index (χ0) is 12.4. The second-order valence-electron chi connectivity index (χ2n) is 4.87. The van der Waals surface area contributed by atoms with Gasteiger partial charge in [-0.2, -0.15) is 0 Å². The lowest BCUT2D eigenvalue weighted by Crippen LogP contribution is -2.50. The minimum atomic E-state index is -0.464. The van der Waals surface area contributed by atoms with Gasteiger partial charge in [-0.15, -0.1) is 0 Å². The minimum Gasteiger partial charge on any atom is -0.389 e. The molecule has 0 aliphatic carbocycles. The first-order valence-corrected chi connectivity index (χ1v) is 6.17. The molecular formula is C13H21N3O. The van der Waals surface area contributed by atoms with Crippen molar-refractivity contribution in [3.63, 3.8) is 0 Å². The molecule has 17 heavy (non-hydrogen) atoms. The Balaban J connectivity index is 2.22. The van der Waals surface area contributed by atoms with Gasteiger partial charge >= 0.3 is 0 Å². The summed E-state index contributed by atoms with van der Waals surface area (Å²) in [4.78, 5) is 9.05. The maximum absolute atomic E-state index is 9.78. The molecule has 2 atom stereocenters. The van der Waals surface area contributed by atoms with Crippen molar-refractivity contribution in [2.24, 2.45) is 0 Å². The lowest BCUT2D eigenvalue weighted by atomic mass is 10.1. The second kappa shape index (κ2) is 5.02. The highest BCUT2D eigenvalue weighted by Crippen LogP contribution is 2.25. The van der Waals surface area contributed by atoms with E-state index in [4.69, 9.17) is 0 Å². The van der Waals surface area contributed by atoms with Crippen LogP contribution in [0, 0.1) is 0 Å². The number of likely N-dealkylation sites (N-methyl/N-ethyl adjacent to an activating group) is 1. The Labute approximate surface area is 103 Å². The molecule has 1 unspecified atom stereocenters. The molecule has 0 bridgehead atoms. The topological polar surface area (TPSA) is 39.6 Å². The third-order valence-corrected chi connectivity index (χ3v) is 3.53. The van der Waals surface area contributed by atoms with Crippen LogP contribution in [0.15, 0.2) is 18.3 Å². The van der Waals surface area contributed by atoms with Crippen molar-refractivity contribution in [1.29, 1.82) is 0 Å². The van der Waals surface area contributed by atoms with Gasteiger partial charge in [-0.3, -0.25) is 0 Å². The molecule has 1 fully saturated rings. The monoisotopic (exact) mass is 235 g/mol. The fourth-order valence-corrected chi connectivity index (χ4v) is 2.24. The van der Waals surface area contributed by atoms with Crippen LogP contribution < -0.4 is 4.90 Å². The van der Waals surface area contributed by atoms with Gasteiger partial charge in [0.1, 0.15) is 5.82 Å². The minimum absolute atomic E-state index is 0.464. The number of nitrogens with zero attached hydrogens (tertiary/aromatic N) is 3. The lowest BCUT2D eigenvalue weighted by molar-refractivity contribution is 0.197. The Kier molecular flexibility index (Phi) is 3.64. The van der Waals surface area contributed by atoms with Crippen LogP contribution in [0.1, 0.15) is 25.5 Å². The van der Waals surface area contributed by atoms with Crippen molar-refractivity contribution in [3.05, 3.63) is 23.9 Å². The predicted molar refractivity (Wildman–Crippen MR) is 69.2 cm³/mol. The van der Waals surface area contributed by atoms with Crippen molar-refractivity contribution < 1.29 is 5.11 Å². The van der Waals surface area contributed by atoms with E-state index in [1.54, 1.807) is 13.1 Å². The van der Waals surface area contributed by atoms with Crippen LogP contribution in [-0.2, 0) is 0 Å². The van der Waals surface area contributed by atoms with Crippen LogP contribution >= 0.6 is 0 Å². The van der Waals surface area contributed by atoms with Crippen LogP contribution in [0.4, 0.5) is 5.82 Å². The zero-order valence-corrected chi connectivity index (χ0v) is 10.8. The average Bonchev–Trinajstić information content (AvgIpc) is 2.32. The van der Waals surface area contributed by atoms with Crippen LogP contribution in [0.25, 0.3) is 0 Å². The lowest BCUT2D eigenvalue weighted by Gasteiger charge is -2.39. The summed E-state index contributed by atoms with van der Waals surface area (Å²) >= 11 is 0. The highest BCUT2D eigenvalue weighted by atomic mass is 16.3. The van der Waals surface area contributed by atoms with Crippen molar-refractivity contribution >= 4 is 5.82 Å².